The minimum absolute atomic E-state index is 0.488. The first-order chi connectivity index (χ1) is 12.1. The highest BCUT2D eigenvalue weighted by Crippen LogP contribution is 2.44. The second kappa shape index (κ2) is 6.72. The van der Waals surface area contributed by atoms with Gasteiger partial charge in [0.25, 0.3) is 0 Å². The molecule has 0 aliphatic carbocycles. The fourth-order valence-corrected chi connectivity index (χ4v) is 2.67. The van der Waals surface area contributed by atoms with E-state index in [1.165, 1.54) is 6.33 Å². The van der Waals surface area contributed by atoms with Gasteiger partial charge in [-0.25, -0.2) is 9.97 Å². The lowest BCUT2D eigenvalue weighted by molar-refractivity contribution is 0.327. The van der Waals surface area contributed by atoms with Crippen LogP contribution in [0.5, 0.6) is 17.2 Å². The van der Waals surface area contributed by atoms with Crippen molar-refractivity contribution in [3.8, 4) is 17.2 Å². The molecule has 3 aromatic rings. The normalized spacial score (nSPS) is 10.6. The smallest absolute Gasteiger partial charge is 0.205 e. The molecule has 0 fully saturated rings. The average Bonchev–Trinajstić information content (AvgIpc) is 2.63. The molecule has 7 heteroatoms. The predicted octanol–water partition coefficient (Wildman–Crippen LogP) is 3.29. The van der Waals surface area contributed by atoms with Crippen LogP contribution in [0.3, 0.4) is 0 Å². The maximum absolute atomic E-state index is 5.89. The molecule has 1 aromatic heterocycles. The molecule has 0 spiro atoms. The van der Waals surface area contributed by atoms with Crippen molar-refractivity contribution in [3.05, 3.63) is 36.2 Å². The summed E-state index contributed by atoms with van der Waals surface area (Å²) in [5, 5.41) is 4.06. The number of nitrogens with one attached hydrogen (secondary N) is 1. The molecule has 2 aromatic carbocycles. The Morgan fingerprint density at radius 2 is 1.72 bits per heavy atom. The van der Waals surface area contributed by atoms with Crippen LogP contribution in [0.25, 0.3) is 10.9 Å². The molecule has 3 N–H and O–H groups in total. The highest BCUT2D eigenvalue weighted by Gasteiger charge is 2.19. The van der Waals surface area contributed by atoms with Crippen LogP contribution in [0, 0.1) is 6.92 Å². The van der Waals surface area contributed by atoms with Crippen molar-refractivity contribution in [2.24, 2.45) is 0 Å². The van der Waals surface area contributed by atoms with Gasteiger partial charge in [-0.1, -0.05) is 6.07 Å². The van der Waals surface area contributed by atoms with Crippen LogP contribution in [0.1, 0.15) is 5.56 Å². The number of benzene rings is 2. The summed E-state index contributed by atoms with van der Waals surface area (Å²) in [5.41, 5.74) is 9.11. The molecule has 0 amide bonds. The molecule has 0 saturated carbocycles. The van der Waals surface area contributed by atoms with Crippen LogP contribution >= 0.6 is 0 Å². The van der Waals surface area contributed by atoms with Crippen molar-refractivity contribution in [3.63, 3.8) is 0 Å². The number of methoxy groups -OCH3 is 3. The lowest BCUT2D eigenvalue weighted by Crippen LogP contribution is -2.02. The Hall–Kier alpha value is -3.22. The summed E-state index contributed by atoms with van der Waals surface area (Å²) < 4.78 is 16.3. The van der Waals surface area contributed by atoms with Crippen LogP contribution in [0.15, 0.2) is 30.6 Å². The molecule has 0 unspecified atom stereocenters. The van der Waals surface area contributed by atoms with Gasteiger partial charge >= 0.3 is 0 Å². The summed E-state index contributed by atoms with van der Waals surface area (Å²) in [6, 6.07) is 7.49. The van der Waals surface area contributed by atoms with E-state index in [1.807, 2.05) is 31.2 Å². The van der Waals surface area contributed by atoms with Crippen molar-refractivity contribution in [1.82, 2.24) is 9.97 Å². The second-order valence-corrected chi connectivity index (χ2v) is 5.46. The molecule has 0 bridgehead atoms. The van der Waals surface area contributed by atoms with Crippen LogP contribution in [-0.2, 0) is 0 Å². The Morgan fingerprint density at radius 3 is 2.40 bits per heavy atom. The number of hydrogen-bond acceptors (Lipinski definition) is 7. The van der Waals surface area contributed by atoms with E-state index < -0.39 is 0 Å². The number of aryl methyl sites for hydroxylation is 1. The number of ether oxygens (including phenoxy) is 3. The van der Waals surface area contributed by atoms with E-state index in [1.54, 1.807) is 21.3 Å². The first-order valence-corrected chi connectivity index (χ1v) is 7.65. The van der Waals surface area contributed by atoms with E-state index in [4.69, 9.17) is 19.9 Å². The van der Waals surface area contributed by atoms with Gasteiger partial charge in [-0.05, 0) is 30.7 Å². The van der Waals surface area contributed by atoms with E-state index >= 15 is 0 Å². The van der Waals surface area contributed by atoms with E-state index in [9.17, 15) is 0 Å². The number of rotatable bonds is 5. The summed E-state index contributed by atoms with van der Waals surface area (Å²) in [5.74, 6) is 2.14. The number of nitrogens with zero attached hydrogens (tertiary/aromatic N) is 2. The first kappa shape index (κ1) is 16.6. The van der Waals surface area contributed by atoms with E-state index in [-0.39, 0.29) is 0 Å². The summed E-state index contributed by atoms with van der Waals surface area (Å²) >= 11 is 0. The van der Waals surface area contributed by atoms with E-state index in [0.717, 1.165) is 16.6 Å². The molecule has 7 nitrogen and oxygen atoms in total. The second-order valence-electron chi connectivity index (χ2n) is 5.46. The first-order valence-electron chi connectivity index (χ1n) is 7.65. The predicted molar refractivity (Wildman–Crippen MR) is 98.1 cm³/mol. The lowest BCUT2D eigenvalue weighted by Gasteiger charge is -2.16. The maximum Gasteiger partial charge on any atom is 0.205 e. The Labute approximate surface area is 145 Å². The summed E-state index contributed by atoms with van der Waals surface area (Å²) in [6.45, 7) is 2.00. The monoisotopic (exact) mass is 340 g/mol. The average molecular weight is 340 g/mol. The zero-order valence-corrected chi connectivity index (χ0v) is 14.6. The highest BCUT2D eigenvalue weighted by atomic mass is 16.5. The number of nitrogens with two attached hydrogens (primary N) is 1. The number of nitrogen functional groups attached to an aromatic ring is 1. The van der Waals surface area contributed by atoms with Gasteiger partial charge in [0.15, 0.2) is 11.5 Å². The van der Waals surface area contributed by atoms with Crippen LogP contribution < -0.4 is 25.3 Å². The molecule has 0 radical (unpaired) electrons. The third-order valence-corrected chi connectivity index (χ3v) is 3.95. The summed E-state index contributed by atoms with van der Waals surface area (Å²) in [7, 11) is 4.69. The number of aromatic nitrogens is 2. The Balaban J connectivity index is 2.21. The fourth-order valence-electron chi connectivity index (χ4n) is 2.67. The van der Waals surface area contributed by atoms with Crippen molar-refractivity contribution < 1.29 is 14.2 Å². The Bertz CT molecular complexity index is 928. The van der Waals surface area contributed by atoms with E-state index in [2.05, 4.69) is 15.3 Å². The van der Waals surface area contributed by atoms with Gasteiger partial charge in [0, 0.05) is 11.4 Å². The van der Waals surface area contributed by atoms with Gasteiger partial charge in [0.1, 0.15) is 17.7 Å². The van der Waals surface area contributed by atoms with Gasteiger partial charge < -0.3 is 25.3 Å². The molecule has 0 saturated heterocycles. The number of anilines is 3. The minimum Gasteiger partial charge on any atom is -0.493 e. The third kappa shape index (κ3) is 2.96. The zero-order chi connectivity index (χ0) is 18.0. The Morgan fingerprint density at radius 1 is 0.960 bits per heavy atom. The molecular formula is C18H20N4O3. The minimum atomic E-state index is 0.488. The number of hydrogen-bond donors (Lipinski definition) is 2. The molecule has 0 atom stereocenters. The third-order valence-electron chi connectivity index (χ3n) is 3.95. The molecule has 25 heavy (non-hydrogen) atoms. The van der Waals surface area contributed by atoms with Crippen molar-refractivity contribution >= 4 is 28.1 Å². The standard InChI is InChI=1S/C18H20N4O3/c1-10-5-6-11(19)7-13(10)22-18-12-8-14(23-2)16(24-3)17(25-4)15(12)20-9-21-18/h5-9H,19H2,1-4H3,(H,20,21,22). The molecule has 130 valence electrons. The molecule has 3 rings (SSSR count). The lowest BCUT2D eigenvalue weighted by atomic mass is 10.1. The molecule has 0 aliphatic rings. The topological polar surface area (TPSA) is 91.5 Å². The van der Waals surface area contributed by atoms with Crippen LogP contribution in [0.2, 0.25) is 0 Å². The van der Waals surface area contributed by atoms with Crippen LogP contribution in [-0.4, -0.2) is 31.3 Å². The fraction of sp³-hybridized carbons (Fsp3) is 0.222. The van der Waals surface area contributed by atoms with Gasteiger partial charge in [-0.3, -0.25) is 0 Å². The Kier molecular flexibility index (Phi) is 4.47. The summed E-state index contributed by atoms with van der Waals surface area (Å²) in [4.78, 5) is 8.71. The van der Waals surface area contributed by atoms with Crippen molar-refractivity contribution in [2.75, 3.05) is 32.4 Å². The largest absolute Gasteiger partial charge is 0.493 e. The van der Waals surface area contributed by atoms with Crippen molar-refractivity contribution in [1.29, 1.82) is 0 Å². The molecule has 1 heterocycles. The van der Waals surface area contributed by atoms with Crippen molar-refractivity contribution in [2.45, 2.75) is 6.92 Å². The van der Waals surface area contributed by atoms with Gasteiger partial charge in [0.2, 0.25) is 5.75 Å². The van der Waals surface area contributed by atoms with Crippen LogP contribution in [0.4, 0.5) is 17.2 Å². The SMILES string of the molecule is COc1cc2c(Nc3cc(N)ccc3C)ncnc2c(OC)c1OC. The van der Waals surface area contributed by atoms with Gasteiger partial charge in [0.05, 0.1) is 26.7 Å². The van der Waals surface area contributed by atoms with Gasteiger partial charge in [-0.2, -0.15) is 0 Å². The maximum atomic E-state index is 5.89. The summed E-state index contributed by atoms with van der Waals surface area (Å²) in [6.07, 6.45) is 1.47. The zero-order valence-electron chi connectivity index (χ0n) is 14.6. The quantitative estimate of drug-likeness (QED) is 0.689. The molecular weight excluding hydrogens is 320 g/mol. The number of fused-ring (bicyclic) bond motifs is 1. The van der Waals surface area contributed by atoms with E-state index in [0.29, 0.717) is 34.3 Å². The van der Waals surface area contributed by atoms with Gasteiger partial charge in [-0.15, -0.1) is 0 Å². The highest BCUT2D eigenvalue weighted by molar-refractivity contribution is 5.97. The molecule has 0 aliphatic heterocycles.